The van der Waals surface area contributed by atoms with Gasteiger partial charge < -0.3 is 10.0 Å². The standard InChI is InChI=1S/C12H13ClFNO2/c1-2-12(17)6-15(7-12)11(16)10-8(13)4-3-5-9(10)14/h3-5,17H,2,6-7H2,1H3. The van der Waals surface area contributed by atoms with Gasteiger partial charge in [-0.2, -0.15) is 0 Å². The molecule has 1 aliphatic heterocycles. The molecule has 0 atom stereocenters. The van der Waals surface area contributed by atoms with E-state index < -0.39 is 17.3 Å². The van der Waals surface area contributed by atoms with Gasteiger partial charge in [-0.3, -0.25) is 4.79 Å². The molecule has 0 aliphatic carbocycles. The van der Waals surface area contributed by atoms with Gasteiger partial charge in [-0.15, -0.1) is 0 Å². The molecule has 1 N–H and O–H groups in total. The molecule has 1 saturated heterocycles. The Morgan fingerprint density at radius 1 is 1.59 bits per heavy atom. The summed E-state index contributed by atoms with van der Waals surface area (Å²) in [5.74, 6) is -1.10. The van der Waals surface area contributed by atoms with Gasteiger partial charge in [0.1, 0.15) is 5.82 Å². The number of rotatable bonds is 2. The third kappa shape index (κ3) is 2.15. The fourth-order valence-corrected chi connectivity index (χ4v) is 2.14. The highest BCUT2D eigenvalue weighted by Crippen LogP contribution is 2.28. The molecular weight excluding hydrogens is 245 g/mol. The minimum atomic E-state index is -0.826. The first-order valence-electron chi connectivity index (χ1n) is 5.42. The van der Waals surface area contributed by atoms with E-state index >= 15 is 0 Å². The number of benzene rings is 1. The number of aliphatic hydroxyl groups is 1. The van der Waals surface area contributed by atoms with Crippen molar-refractivity contribution in [3.05, 3.63) is 34.6 Å². The fourth-order valence-electron chi connectivity index (χ4n) is 1.89. The molecule has 0 unspecified atom stereocenters. The first-order chi connectivity index (χ1) is 7.97. The first-order valence-corrected chi connectivity index (χ1v) is 5.80. The van der Waals surface area contributed by atoms with Crippen molar-refractivity contribution in [3.63, 3.8) is 0 Å². The maximum absolute atomic E-state index is 13.5. The van der Waals surface area contributed by atoms with Crippen molar-refractivity contribution in [1.82, 2.24) is 4.90 Å². The van der Waals surface area contributed by atoms with Gasteiger partial charge in [0, 0.05) is 0 Å². The molecule has 1 aromatic rings. The lowest BCUT2D eigenvalue weighted by atomic mass is 9.90. The van der Waals surface area contributed by atoms with Crippen LogP contribution in [0.25, 0.3) is 0 Å². The van der Waals surface area contributed by atoms with E-state index in [1.807, 2.05) is 6.92 Å². The van der Waals surface area contributed by atoms with Crippen LogP contribution in [0.1, 0.15) is 23.7 Å². The Kier molecular flexibility index (Phi) is 3.10. The van der Waals surface area contributed by atoms with E-state index in [9.17, 15) is 14.3 Å². The van der Waals surface area contributed by atoms with Gasteiger partial charge in [-0.05, 0) is 18.6 Å². The first kappa shape index (κ1) is 12.3. The number of nitrogens with zero attached hydrogens (tertiary/aromatic N) is 1. The van der Waals surface area contributed by atoms with Crippen LogP contribution in [-0.4, -0.2) is 34.6 Å². The van der Waals surface area contributed by atoms with E-state index in [1.54, 1.807) is 0 Å². The maximum atomic E-state index is 13.5. The van der Waals surface area contributed by atoms with Crippen LogP contribution >= 0.6 is 11.6 Å². The van der Waals surface area contributed by atoms with Crippen LogP contribution < -0.4 is 0 Å². The highest BCUT2D eigenvalue weighted by atomic mass is 35.5. The van der Waals surface area contributed by atoms with Crippen molar-refractivity contribution in [2.75, 3.05) is 13.1 Å². The van der Waals surface area contributed by atoms with Gasteiger partial charge in [0.05, 0.1) is 29.3 Å². The fraction of sp³-hybridized carbons (Fsp3) is 0.417. The molecule has 1 fully saturated rings. The van der Waals surface area contributed by atoms with Gasteiger partial charge in [0.25, 0.3) is 5.91 Å². The molecule has 1 amide bonds. The van der Waals surface area contributed by atoms with Gasteiger partial charge in [-0.1, -0.05) is 24.6 Å². The van der Waals surface area contributed by atoms with Crippen molar-refractivity contribution < 1.29 is 14.3 Å². The van der Waals surface area contributed by atoms with Crippen LogP contribution in [0.2, 0.25) is 5.02 Å². The number of carbonyl (C=O) groups is 1. The molecule has 17 heavy (non-hydrogen) atoms. The second-order valence-corrected chi connectivity index (χ2v) is 4.74. The number of carbonyl (C=O) groups excluding carboxylic acids is 1. The lowest BCUT2D eigenvalue weighted by Crippen LogP contribution is -2.63. The van der Waals surface area contributed by atoms with E-state index in [2.05, 4.69) is 0 Å². The Balaban J connectivity index is 2.17. The Labute approximate surface area is 104 Å². The number of amides is 1. The lowest BCUT2D eigenvalue weighted by Gasteiger charge is -2.46. The van der Waals surface area contributed by atoms with Gasteiger partial charge >= 0.3 is 0 Å². The largest absolute Gasteiger partial charge is 0.386 e. The summed E-state index contributed by atoms with van der Waals surface area (Å²) in [4.78, 5) is 13.4. The lowest BCUT2D eigenvalue weighted by molar-refractivity contribution is -0.0827. The van der Waals surface area contributed by atoms with Crippen molar-refractivity contribution >= 4 is 17.5 Å². The van der Waals surface area contributed by atoms with Crippen molar-refractivity contribution in [1.29, 1.82) is 0 Å². The summed E-state index contributed by atoms with van der Waals surface area (Å²) in [6.07, 6.45) is 0.571. The number of hydrogen-bond donors (Lipinski definition) is 1. The van der Waals surface area contributed by atoms with Crippen LogP contribution in [-0.2, 0) is 0 Å². The average Bonchev–Trinajstić information content (AvgIpc) is 2.24. The molecule has 1 aromatic carbocycles. The SMILES string of the molecule is CCC1(O)CN(C(=O)c2c(F)cccc2Cl)C1. The Bertz CT molecular complexity index is 438. The third-order valence-corrected chi connectivity index (χ3v) is 3.41. The average molecular weight is 258 g/mol. The molecular formula is C12H13ClFNO2. The van der Waals surface area contributed by atoms with Crippen LogP contribution in [0.4, 0.5) is 4.39 Å². The number of β-amino-alcohol motifs (C(OH)–C–C–N with tert-alkyl or cyclic N) is 1. The summed E-state index contributed by atoms with van der Waals surface area (Å²) in [5.41, 5.74) is -0.944. The molecule has 92 valence electrons. The minimum Gasteiger partial charge on any atom is -0.386 e. The predicted molar refractivity (Wildman–Crippen MR) is 62.6 cm³/mol. The zero-order valence-corrected chi connectivity index (χ0v) is 10.2. The van der Waals surface area contributed by atoms with Gasteiger partial charge in [0.15, 0.2) is 0 Å². The zero-order valence-electron chi connectivity index (χ0n) is 9.41. The molecule has 1 aliphatic rings. The smallest absolute Gasteiger partial charge is 0.258 e. The monoisotopic (exact) mass is 257 g/mol. The number of likely N-dealkylation sites (tertiary alicyclic amines) is 1. The van der Waals surface area contributed by atoms with Crippen molar-refractivity contribution in [3.8, 4) is 0 Å². The molecule has 0 spiro atoms. The van der Waals surface area contributed by atoms with Crippen LogP contribution in [0, 0.1) is 5.82 Å². The molecule has 1 heterocycles. The van der Waals surface area contributed by atoms with Gasteiger partial charge in [-0.25, -0.2) is 4.39 Å². The summed E-state index contributed by atoms with van der Waals surface area (Å²) < 4.78 is 13.5. The second-order valence-electron chi connectivity index (χ2n) is 4.34. The van der Waals surface area contributed by atoms with E-state index in [0.717, 1.165) is 0 Å². The molecule has 2 rings (SSSR count). The summed E-state index contributed by atoms with van der Waals surface area (Å²) in [7, 11) is 0. The topological polar surface area (TPSA) is 40.5 Å². The molecule has 0 aromatic heterocycles. The summed E-state index contributed by atoms with van der Waals surface area (Å²) in [5, 5.41) is 9.90. The minimum absolute atomic E-state index is 0.0990. The zero-order chi connectivity index (χ0) is 12.6. The van der Waals surface area contributed by atoms with Gasteiger partial charge in [0.2, 0.25) is 0 Å². The Hall–Kier alpha value is -1.13. The van der Waals surface area contributed by atoms with E-state index in [4.69, 9.17) is 11.6 Å². The Morgan fingerprint density at radius 2 is 2.24 bits per heavy atom. The van der Waals surface area contributed by atoms with E-state index in [1.165, 1.54) is 23.1 Å². The van der Waals surface area contributed by atoms with Crippen LogP contribution in [0.15, 0.2) is 18.2 Å². The normalized spacial score (nSPS) is 17.8. The molecule has 0 radical (unpaired) electrons. The second kappa shape index (κ2) is 4.27. The maximum Gasteiger partial charge on any atom is 0.258 e. The van der Waals surface area contributed by atoms with E-state index in [-0.39, 0.29) is 23.7 Å². The van der Waals surface area contributed by atoms with Crippen LogP contribution in [0.5, 0.6) is 0 Å². The summed E-state index contributed by atoms with van der Waals surface area (Å²) in [6, 6.07) is 4.13. The molecule has 0 bridgehead atoms. The number of hydrogen-bond acceptors (Lipinski definition) is 2. The molecule has 3 nitrogen and oxygen atoms in total. The highest BCUT2D eigenvalue weighted by molar-refractivity contribution is 6.33. The highest BCUT2D eigenvalue weighted by Gasteiger charge is 2.43. The molecule has 5 heteroatoms. The molecule has 0 saturated carbocycles. The van der Waals surface area contributed by atoms with E-state index in [0.29, 0.717) is 6.42 Å². The summed E-state index contributed by atoms with van der Waals surface area (Å²) >= 11 is 5.80. The third-order valence-electron chi connectivity index (χ3n) is 3.09. The number of halogens is 2. The van der Waals surface area contributed by atoms with Crippen LogP contribution in [0.3, 0.4) is 0 Å². The quantitative estimate of drug-likeness (QED) is 0.881. The Morgan fingerprint density at radius 3 is 2.76 bits per heavy atom. The summed E-state index contributed by atoms with van der Waals surface area (Å²) in [6.45, 7) is 2.30. The predicted octanol–water partition coefficient (Wildman–Crippen LogP) is 2.08. The van der Waals surface area contributed by atoms with Crippen molar-refractivity contribution in [2.45, 2.75) is 18.9 Å². The van der Waals surface area contributed by atoms with Crippen molar-refractivity contribution in [2.24, 2.45) is 0 Å².